The molecule has 0 atom stereocenters. The number of benzene rings is 2. The molecule has 0 aliphatic carbocycles. The molecule has 3 aromatic rings. The van der Waals surface area contributed by atoms with Gasteiger partial charge in [-0.05, 0) is 35.9 Å². The van der Waals surface area contributed by atoms with Crippen molar-refractivity contribution in [2.24, 2.45) is 0 Å². The zero-order chi connectivity index (χ0) is 20.6. The Morgan fingerprint density at radius 1 is 1.17 bits per heavy atom. The minimum absolute atomic E-state index is 0.0633. The Balaban J connectivity index is 1.62. The van der Waals surface area contributed by atoms with E-state index in [0.717, 1.165) is 16.6 Å². The fourth-order valence-corrected chi connectivity index (χ4v) is 3.62. The van der Waals surface area contributed by atoms with Crippen LogP contribution >= 0.6 is 0 Å². The molecule has 1 amide bonds. The summed E-state index contributed by atoms with van der Waals surface area (Å²) in [5, 5.41) is 8.08. The van der Waals surface area contributed by atoms with E-state index in [0.29, 0.717) is 29.0 Å². The number of ether oxygens (including phenoxy) is 2. The van der Waals surface area contributed by atoms with E-state index in [1.165, 1.54) is 4.90 Å². The molecule has 1 N–H and O–H groups in total. The third-order valence-electron chi connectivity index (χ3n) is 5.17. The van der Waals surface area contributed by atoms with Crippen molar-refractivity contribution in [3.8, 4) is 11.5 Å². The van der Waals surface area contributed by atoms with E-state index in [-0.39, 0.29) is 18.9 Å². The lowest BCUT2D eigenvalue weighted by atomic mass is 10.0. The first-order valence-electron chi connectivity index (χ1n) is 9.25. The Kier molecular flexibility index (Phi) is 4.86. The highest BCUT2D eigenvalue weighted by Gasteiger charge is 2.40. The van der Waals surface area contributed by atoms with Crippen molar-refractivity contribution in [2.45, 2.75) is 18.8 Å². The van der Waals surface area contributed by atoms with E-state index in [1.54, 1.807) is 32.4 Å². The Morgan fingerprint density at radius 2 is 1.97 bits per heavy atom. The van der Waals surface area contributed by atoms with E-state index in [9.17, 15) is 13.6 Å². The molecule has 2 aromatic carbocycles. The molecule has 152 valence electrons. The third-order valence-corrected chi connectivity index (χ3v) is 5.17. The summed E-state index contributed by atoms with van der Waals surface area (Å²) in [6, 6.07) is 10.7. The molecule has 29 heavy (non-hydrogen) atoms. The number of hydrogen-bond donors (Lipinski definition) is 1. The van der Waals surface area contributed by atoms with Crippen molar-refractivity contribution in [3.63, 3.8) is 0 Å². The zero-order valence-electron chi connectivity index (χ0n) is 16.2. The monoisotopic (exact) mass is 401 g/mol. The Bertz CT molecular complexity index is 1060. The molecule has 1 aliphatic rings. The second kappa shape index (κ2) is 7.35. The van der Waals surface area contributed by atoms with Gasteiger partial charge in [0, 0.05) is 36.0 Å². The van der Waals surface area contributed by atoms with Crippen molar-refractivity contribution in [3.05, 3.63) is 53.2 Å². The van der Waals surface area contributed by atoms with Crippen LogP contribution < -0.4 is 9.47 Å². The summed E-state index contributed by atoms with van der Waals surface area (Å²) in [5.41, 5.74) is 2.90. The Hall–Kier alpha value is -3.16. The second-order valence-electron chi connectivity index (χ2n) is 7.13. The number of amides is 1. The van der Waals surface area contributed by atoms with E-state index < -0.39 is 12.5 Å². The van der Waals surface area contributed by atoms with E-state index in [4.69, 9.17) is 9.47 Å². The lowest BCUT2D eigenvalue weighted by Crippen LogP contribution is -2.31. The van der Waals surface area contributed by atoms with Crippen molar-refractivity contribution in [2.75, 3.05) is 27.3 Å². The summed E-state index contributed by atoms with van der Waals surface area (Å²) in [6.45, 7) is -0.471. The minimum atomic E-state index is -2.81. The van der Waals surface area contributed by atoms with Crippen LogP contribution in [0.3, 0.4) is 0 Å². The third kappa shape index (κ3) is 3.74. The number of aromatic nitrogens is 2. The minimum Gasteiger partial charge on any atom is -0.493 e. The largest absolute Gasteiger partial charge is 0.493 e. The van der Waals surface area contributed by atoms with Gasteiger partial charge in [-0.3, -0.25) is 9.89 Å². The van der Waals surface area contributed by atoms with Gasteiger partial charge in [-0.15, -0.1) is 0 Å². The van der Waals surface area contributed by atoms with Gasteiger partial charge in [0.2, 0.25) is 0 Å². The van der Waals surface area contributed by atoms with Crippen molar-refractivity contribution >= 4 is 16.8 Å². The number of likely N-dealkylation sites (tertiary alicyclic amines) is 1. The molecular weight excluding hydrogens is 380 g/mol. The van der Waals surface area contributed by atoms with Crippen LogP contribution in [0.2, 0.25) is 0 Å². The van der Waals surface area contributed by atoms with Gasteiger partial charge in [0.25, 0.3) is 11.8 Å². The molecule has 0 saturated carbocycles. The van der Waals surface area contributed by atoms with Gasteiger partial charge >= 0.3 is 0 Å². The van der Waals surface area contributed by atoms with Crippen LogP contribution in [0.25, 0.3) is 10.9 Å². The van der Waals surface area contributed by atoms with Crippen LogP contribution in [0.4, 0.5) is 8.78 Å². The second-order valence-corrected chi connectivity index (χ2v) is 7.13. The van der Waals surface area contributed by atoms with Crippen molar-refractivity contribution < 1.29 is 23.0 Å². The molecule has 1 saturated heterocycles. The molecule has 8 heteroatoms. The first-order valence-corrected chi connectivity index (χ1v) is 9.25. The number of nitrogens with one attached hydrogen (secondary N) is 1. The number of fused-ring (bicyclic) bond motifs is 1. The fourth-order valence-electron chi connectivity index (χ4n) is 3.62. The molecule has 1 aliphatic heterocycles. The fraction of sp³-hybridized carbons (Fsp3) is 0.333. The quantitative estimate of drug-likeness (QED) is 0.709. The number of carbonyl (C=O) groups is 1. The standard InChI is InChI=1S/C21H21F2N3O3/c1-28-18-6-3-13(10-19(18)29-2)9-17-15-11-14(4-5-16(15)24-25-17)20(27)26-8-7-21(22,23)12-26/h3-6,10-11H,7-9,12H2,1-2H3,(H,24,25). The van der Waals surface area contributed by atoms with Gasteiger partial charge in [-0.2, -0.15) is 5.10 Å². The maximum atomic E-state index is 13.5. The lowest BCUT2D eigenvalue weighted by molar-refractivity contribution is 0.0120. The highest BCUT2D eigenvalue weighted by Crippen LogP contribution is 2.30. The number of alkyl halides is 2. The highest BCUT2D eigenvalue weighted by atomic mass is 19.3. The van der Waals surface area contributed by atoms with Crippen LogP contribution in [0.15, 0.2) is 36.4 Å². The van der Waals surface area contributed by atoms with Crippen molar-refractivity contribution in [1.29, 1.82) is 0 Å². The molecule has 4 rings (SSSR count). The summed E-state index contributed by atoms with van der Waals surface area (Å²) in [5.74, 6) is -1.93. The summed E-state index contributed by atoms with van der Waals surface area (Å²) >= 11 is 0. The zero-order valence-corrected chi connectivity index (χ0v) is 16.2. The molecule has 0 radical (unpaired) electrons. The van der Waals surface area contributed by atoms with Gasteiger partial charge in [-0.1, -0.05) is 6.07 Å². The lowest BCUT2D eigenvalue weighted by Gasteiger charge is -2.16. The topological polar surface area (TPSA) is 67.5 Å². The summed E-state index contributed by atoms with van der Waals surface area (Å²) in [7, 11) is 3.15. The smallest absolute Gasteiger partial charge is 0.267 e. The van der Waals surface area contributed by atoms with E-state index >= 15 is 0 Å². The molecule has 1 aromatic heterocycles. The summed E-state index contributed by atoms with van der Waals surface area (Å²) in [4.78, 5) is 13.9. The number of halogens is 2. The van der Waals surface area contributed by atoms with Crippen LogP contribution in [0.1, 0.15) is 28.0 Å². The first-order chi connectivity index (χ1) is 13.9. The predicted octanol–water partition coefficient (Wildman–Crippen LogP) is 3.65. The maximum absolute atomic E-state index is 13.5. The Morgan fingerprint density at radius 3 is 2.66 bits per heavy atom. The van der Waals surface area contributed by atoms with Crippen LogP contribution in [-0.4, -0.2) is 54.2 Å². The number of hydrogen-bond acceptors (Lipinski definition) is 4. The molecule has 2 heterocycles. The average molecular weight is 401 g/mol. The van der Waals surface area contributed by atoms with Gasteiger partial charge in [-0.25, -0.2) is 8.78 Å². The number of rotatable bonds is 5. The summed E-state index contributed by atoms with van der Waals surface area (Å²) < 4.78 is 37.5. The Labute approximate surface area is 166 Å². The highest BCUT2D eigenvalue weighted by molar-refractivity contribution is 5.98. The normalized spacial score (nSPS) is 15.7. The van der Waals surface area contributed by atoms with Gasteiger partial charge in [0.1, 0.15) is 0 Å². The molecule has 0 bridgehead atoms. The van der Waals surface area contributed by atoms with E-state index in [2.05, 4.69) is 10.2 Å². The molecule has 0 spiro atoms. The molecular formula is C21H21F2N3O3. The first kappa shape index (κ1) is 19.2. The predicted molar refractivity (Wildman–Crippen MR) is 104 cm³/mol. The molecule has 1 fully saturated rings. The number of methoxy groups -OCH3 is 2. The number of aromatic amines is 1. The van der Waals surface area contributed by atoms with Crippen molar-refractivity contribution in [1.82, 2.24) is 15.1 Å². The SMILES string of the molecule is COc1ccc(Cc2[nH]nc3ccc(C(=O)N4CCC(F)(F)C4)cc23)cc1OC. The van der Waals surface area contributed by atoms with Gasteiger partial charge < -0.3 is 14.4 Å². The van der Waals surface area contributed by atoms with Gasteiger partial charge in [0.05, 0.1) is 26.3 Å². The van der Waals surface area contributed by atoms with Crippen LogP contribution in [0, 0.1) is 0 Å². The molecule has 0 unspecified atom stereocenters. The van der Waals surface area contributed by atoms with Gasteiger partial charge in [0.15, 0.2) is 11.5 Å². The number of H-pyrrole nitrogens is 1. The summed E-state index contributed by atoms with van der Waals surface area (Å²) in [6.07, 6.45) is 0.244. The molecule has 6 nitrogen and oxygen atoms in total. The average Bonchev–Trinajstić information content (AvgIpc) is 3.29. The number of nitrogens with zero attached hydrogens (tertiary/aromatic N) is 2. The number of carbonyl (C=O) groups excluding carboxylic acids is 1. The van der Waals surface area contributed by atoms with Crippen LogP contribution in [-0.2, 0) is 6.42 Å². The van der Waals surface area contributed by atoms with Crippen LogP contribution in [0.5, 0.6) is 11.5 Å². The maximum Gasteiger partial charge on any atom is 0.267 e. The van der Waals surface area contributed by atoms with E-state index in [1.807, 2.05) is 18.2 Å².